The SMILES string of the molecule is CN(Cc1cccc(F)c1)C(=O)COC(=O)c1ccccc1CSC1=NCCS1. The minimum atomic E-state index is -0.533. The highest BCUT2D eigenvalue weighted by molar-refractivity contribution is 8.38. The Morgan fingerprint density at radius 3 is 2.83 bits per heavy atom. The Hall–Kier alpha value is -2.32. The molecule has 29 heavy (non-hydrogen) atoms. The Kier molecular flexibility index (Phi) is 7.71. The summed E-state index contributed by atoms with van der Waals surface area (Å²) in [5, 5.41) is 0. The van der Waals surface area contributed by atoms with Gasteiger partial charge in [-0.15, -0.1) is 0 Å². The van der Waals surface area contributed by atoms with Crippen LogP contribution >= 0.6 is 23.5 Å². The minimum Gasteiger partial charge on any atom is -0.452 e. The van der Waals surface area contributed by atoms with Crippen LogP contribution in [0.1, 0.15) is 21.5 Å². The van der Waals surface area contributed by atoms with Crippen molar-refractivity contribution in [3.05, 3.63) is 71.0 Å². The zero-order valence-corrected chi connectivity index (χ0v) is 17.6. The number of hydrogen-bond acceptors (Lipinski definition) is 6. The van der Waals surface area contributed by atoms with Crippen LogP contribution in [0.25, 0.3) is 0 Å². The first-order valence-corrected chi connectivity index (χ1v) is 11.0. The van der Waals surface area contributed by atoms with Crippen molar-refractivity contribution in [3.63, 3.8) is 0 Å². The molecule has 2 aromatic carbocycles. The molecule has 5 nitrogen and oxygen atoms in total. The van der Waals surface area contributed by atoms with Crippen molar-refractivity contribution in [3.8, 4) is 0 Å². The third-order valence-electron chi connectivity index (χ3n) is 4.21. The lowest BCUT2D eigenvalue weighted by Crippen LogP contribution is -2.31. The van der Waals surface area contributed by atoms with Gasteiger partial charge in [-0.1, -0.05) is 53.9 Å². The second kappa shape index (κ2) is 10.5. The molecular formula is C21H21FN2O3S2. The van der Waals surface area contributed by atoms with E-state index in [0.29, 0.717) is 16.9 Å². The van der Waals surface area contributed by atoms with E-state index in [2.05, 4.69) is 4.99 Å². The summed E-state index contributed by atoms with van der Waals surface area (Å²) in [5.41, 5.74) is 1.96. The number of ether oxygens (including phenoxy) is 1. The van der Waals surface area contributed by atoms with Gasteiger partial charge in [-0.05, 0) is 29.3 Å². The van der Waals surface area contributed by atoms with E-state index in [4.69, 9.17) is 4.74 Å². The number of esters is 1. The number of likely N-dealkylation sites (N-methyl/N-ethyl adjacent to an activating group) is 1. The molecule has 1 amide bonds. The van der Waals surface area contributed by atoms with Crippen molar-refractivity contribution < 1.29 is 18.7 Å². The molecule has 152 valence electrons. The van der Waals surface area contributed by atoms with Gasteiger partial charge in [-0.2, -0.15) is 0 Å². The van der Waals surface area contributed by atoms with Crippen LogP contribution in [-0.2, 0) is 21.8 Å². The maximum absolute atomic E-state index is 13.3. The quantitative estimate of drug-likeness (QED) is 0.620. The highest BCUT2D eigenvalue weighted by Crippen LogP contribution is 2.26. The molecule has 2 aromatic rings. The molecule has 0 unspecified atom stereocenters. The topological polar surface area (TPSA) is 59.0 Å². The first kappa shape index (κ1) is 21.4. The Labute approximate surface area is 177 Å². The lowest BCUT2D eigenvalue weighted by Gasteiger charge is -2.17. The number of thioether (sulfide) groups is 2. The first-order chi connectivity index (χ1) is 14.0. The van der Waals surface area contributed by atoms with Crippen LogP contribution in [0.3, 0.4) is 0 Å². The molecule has 0 atom stereocenters. The van der Waals surface area contributed by atoms with Crippen LogP contribution in [0.15, 0.2) is 53.5 Å². The van der Waals surface area contributed by atoms with Crippen molar-refractivity contribution in [2.45, 2.75) is 12.3 Å². The van der Waals surface area contributed by atoms with Crippen molar-refractivity contribution in [2.24, 2.45) is 4.99 Å². The van der Waals surface area contributed by atoms with E-state index in [1.54, 1.807) is 54.8 Å². The first-order valence-electron chi connectivity index (χ1n) is 9.06. The number of benzene rings is 2. The average Bonchev–Trinajstić information content (AvgIpc) is 3.24. The van der Waals surface area contributed by atoms with Crippen LogP contribution in [0.5, 0.6) is 0 Å². The van der Waals surface area contributed by atoms with Gasteiger partial charge in [0.15, 0.2) is 6.61 Å². The van der Waals surface area contributed by atoms with Crippen LogP contribution in [0.2, 0.25) is 0 Å². The van der Waals surface area contributed by atoms with E-state index >= 15 is 0 Å². The summed E-state index contributed by atoms with van der Waals surface area (Å²) in [6, 6.07) is 13.3. The molecule has 0 fully saturated rings. The molecule has 0 radical (unpaired) electrons. The largest absolute Gasteiger partial charge is 0.452 e. The molecule has 0 spiro atoms. The Balaban J connectivity index is 1.53. The summed E-state index contributed by atoms with van der Waals surface area (Å²) < 4.78 is 19.5. The number of hydrogen-bond donors (Lipinski definition) is 0. The van der Waals surface area contributed by atoms with E-state index in [-0.39, 0.29) is 24.9 Å². The van der Waals surface area contributed by atoms with Gasteiger partial charge in [-0.25, -0.2) is 9.18 Å². The molecule has 3 rings (SSSR count). The Morgan fingerprint density at radius 1 is 1.24 bits per heavy atom. The fourth-order valence-electron chi connectivity index (χ4n) is 2.70. The fourth-order valence-corrected chi connectivity index (χ4v) is 4.71. The highest BCUT2D eigenvalue weighted by Gasteiger charge is 2.17. The van der Waals surface area contributed by atoms with Crippen LogP contribution in [-0.4, -0.2) is 47.1 Å². The van der Waals surface area contributed by atoms with E-state index in [1.165, 1.54) is 17.0 Å². The van der Waals surface area contributed by atoms with Gasteiger partial charge in [0.05, 0.1) is 12.1 Å². The predicted octanol–water partition coefficient (Wildman–Crippen LogP) is 3.98. The van der Waals surface area contributed by atoms with Gasteiger partial charge < -0.3 is 9.64 Å². The summed E-state index contributed by atoms with van der Waals surface area (Å²) in [5.74, 6) is 0.369. The van der Waals surface area contributed by atoms with E-state index in [9.17, 15) is 14.0 Å². The molecule has 1 heterocycles. The smallest absolute Gasteiger partial charge is 0.338 e. The number of amides is 1. The maximum atomic E-state index is 13.3. The second-order valence-electron chi connectivity index (χ2n) is 6.40. The van der Waals surface area contributed by atoms with Gasteiger partial charge in [0.1, 0.15) is 10.2 Å². The summed E-state index contributed by atoms with van der Waals surface area (Å²) in [4.78, 5) is 30.6. The summed E-state index contributed by atoms with van der Waals surface area (Å²) in [6.07, 6.45) is 0. The van der Waals surface area contributed by atoms with Crippen molar-refractivity contribution in [1.29, 1.82) is 0 Å². The molecule has 8 heteroatoms. The number of rotatable bonds is 7. The van der Waals surface area contributed by atoms with Crippen LogP contribution in [0.4, 0.5) is 4.39 Å². The van der Waals surface area contributed by atoms with Gasteiger partial charge >= 0.3 is 5.97 Å². The average molecular weight is 433 g/mol. The number of aliphatic imine (C=N–C) groups is 1. The number of nitrogens with zero attached hydrogens (tertiary/aromatic N) is 2. The zero-order valence-electron chi connectivity index (χ0n) is 16.0. The number of halogens is 1. The molecule has 1 aliphatic rings. The zero-order chi connectivity index (χ0) is 20.6. The van der Waals surface area contributed by atoms with Crippen LogP contribution in [0, 0.1) is 5.82 Å². The van der Waals surface area contributed by atoms with Crippen molar-refractivity contribution >= 4 is 39.8 Å². The normalized spacial score (nSPS) is 13.1. The molecule has 0 aromatic heterocycles. The standard InChI is InChI=1S/C21H21FN2O3S2/c1-24(12-15-5-4-7-17(22)11-15)19(25)13-27-20(26)18-8-3-2-6-16(18)14-29-21-23-9-10-28-21/h2-8,11H,9-10,12-14H2,1H3. The third kappa shape index (κ3) is 6.33. The van der Waals surface area contributed by atoms with Gasteiger partial charge in [0.2, 0.25) is 0 Å². The fraction of sp³-hybridized carbons (Fsp3) is 0.286. The monoisotopic (exact) mass is 432 g/mol. The van der Waals surface area contributed by atoms with E-state index < -0.39 is 5.97 Å². The summed E-state index contributed by atoms with van der Waals surface area (Å²) in [6.45, 7) is 0.706. The Bertz CT molecular complexity index is 920. The number of carbonyl (C=O) groups excluding carboxylic acids is 2. The van der Waals surface area contributed by atoms with Crippen LogP contribution < -0.4 is 0 Å². The van der Waals surface area contributed by atoms with Gasteiger partial charge in [-0.3, -0.25) is 9.79 Å². The van der Waals surface area contributed by atoms with Crippen molar-refractivity contribution in [1.82, 2.24) is 4.90 Å². The summed E-state index contributed by atoms with van der Waals surface area (Å²) >= 11 is 3.32. The number of carbonyl (C=O) groups is 2. The van der Waals surface area contributed by atoms with E-state index in [0.717, 1.165) is 22.2 Å². The molecule has 0 N–H and O–H groups in total. The molecule has 0 aliphatic carbocycles. The molecule has 0 saturated carbocycles. The second-order valence-corrected chi connectivity index (χ2v) is 8.70. The Morgan fingerprint density at radius 2 is 2.07 bits per heavy atom. The molecular weight excluding hydrogens is 411 g/mol. The molecule has 0 bridgehead atoms. The molecule has 1 aliphatic heterocycles. The predicted molar refractivity (Wildman–Crippen MR) is 116 cm³/mol. The lowest BCUT2D eigenvalue weighted by molar-refractivity contribution is -0.133. The lowest BCUT2D eigenvalue weighted by atomic mass is 10.1. The maximum Gasteiger partial charge on any atom is 0.338 e. The van der Waals surface area contributed by atoms with Gasteiger partial charge in [0.25, 0.3) is 5.91 Å². The van der Waals surface area contributed by atoms with Crippen molar-refractivity contribution in [2.75, 3.05) is 26.0 Å². The van der Waals surface area contributed by atoms with Gasteiger partial charge in [0, 0.05) is 25.1 Å². The molecule has 0 saturated heterocycles. The minimum absolute atomic E-state index is 0.237. The van der Waals surface area contributed by atoms with E-state index in [1.807, 2.05) is 12.1 Å². The third-order valence-corrected chi connectivity index (χ3v) is 6.51. The highest BCUT2D eigenvalue weighted by atomic mass is 32.2. The summed E-state index contributed by atoms with van der Waals surface area (Å²) in [7, 11) is 1.59.